The molecule has 1 aliphatic heterocycles. The van der Waals surface area contributed by atoms with Crippen LogP contribution < -0.4 is 10.2 Å². The molecule has 0 aliphatic carbocycles. The van der Waals surface area contributed by atoms with Crippen LogP contribution in [0.3, 0.4) is 0 Å². The van der Waals surface area contributed by atoms with E-state index >= 15 is 0 Å². The number of benzene rings is 1. The molecule has 1 atom stereocenters. The number of carbonyl (C=O) groups is 3. The smallest absolute Gasteiger partial charge is 0.277 e. The van der Waals surface area contributed by atoms with Gasteiger partial charge in [0.15, 0.2) is 0 Å². The van der Waals surface area contributed by atoms with Crippen LogP contribution in [0.15, 0.2) is 30.3 Å². The number of nitrogens with zero attached hydrogens (tertiary/aromatic N) is 1. The van der Waals surface area contributed by atoms with Gasteiger partial charge in [-0.2, -0.15) is 0 Å². The topological polar surface area (TPSA) is 66.5 Å². The molecule has 0 bridgehead atoms. The fraction of sp³-hybridized carbons (Fsp3) is 0.357. The Bertz CT molecular complexity index is 559. The number of nitrogens with one attached hydrogen (secondary N) is 1. The Hall–Kier alpha value is -2.17. The minimum atomic E-state index is -0.831. The van der Waals surface area contributed by atoms with E-state index in [1.165, 1.54) is 6.07 Å². The van der Waals surface area contributed by atoms with Gasteiger partial charge < -0.3 is 0 Å². The summed E-state index contributed by atoms with van der Waals surface area (Å²) in [5, 5.41) is 2.20. The molecular formula is C14H16N2O3. The lowest BCUT2D eigenvalue weighted by Crippen LogP contribution is -2.58. The summed E-state index contributed by atoms with van der Waals surface area (Å²) >= 11 is 0. The molecule has 0 aromatic heterocycles. The maximum absolute atomic E-state index is 12.3. The monoisotopic (exact) mass is 262 g/mol. The van der Waals surface area contributed by atoms with Crippen LogP contribution in [0.1, 0.15) is 27.6 Å². The Morgan fingerprint density at radius 1 is 1.32 bits per heavy atom. The molecule has 0 spiro atoms. The highest BCUT2D eigenvalue weighted by molar-refractivity contribution is 6.27. The first kappa shape index (κ1) is 11.9. The minimum Gasteiger partial charge on any atom is -0.277 e. The summed E-state index contributed by atoms with van der Waals surface area (Å²) in [6.45, 7) is 1.97. The zero-order valence-electron chi connectivity index (χ0n) is 11.7. The molecule has 1 aliphatic rings. The lowest BCUT2D eigenvalue weighted by Gasteiger charge is -2.30. The largest absolute Gasteiger partial charge is 0.335 e. The summed E-state index contributed by atoms with van der Waals surface area (Å²) in [5.41, 5.74) is 0.314. The van der Waals surface area contributed by atoms with E-state index in [9.17, 15) is 14.4 Å². The quantitative estimate of drug-likeness (QED) is 0.845. The molecule has 1 heterocycles. The molecule has 1 aromatic carbocycles. The number of hydrogen-bond acceptors (Lipinski definition) is 3. The Kier molecular flexibility index (Phi) is 3.54. The minimum absolute atomic E-state index is 0.199. The number of para-hydroxylation sites is 1. The molecule has 5 heteroatoms. The van der Waals surface area contributed by atoms with Gasteiger partial charge >= 0.3 is 6.03 Å². The van der Waals surface area contributed by atoms with Crippen LogP contribution in [-0.4, -0.2) is 17.8 Å². The molecule has 1 N–H and O–H groups in total. The van der Waals surface area contributed by atoms with Gasteiger partial charge in [-0.3, -0.25) is 14.9 Å². The van der Waals surface area contributed by atoms with E-state index in [2.05, 4.69) is 5.32 Å². The SMILES string of the molecule is [3H]c1cccc(N2C(=O)NC(=O)C(CCCC)C2=O)c1. The van der Waals surface area contributed by atoms with Crippen LogP contribution in [0, 0.1) is 5.92 Å². The number of hydrogen-bond donors (Lipinski definition) is 1. The highest BCUT2D eigenvalue weighted by Gasteiger charge is 2.40. The first-order valence-corrected chi connectivity index (χ1v) is 6.30. The van der Waals surface area contributed by atoms with E-state index in [-0.39, 0.29) is 6.04 Å². The Labute approximate surface area is 113 Å². The number of amides is 4. The summed E-state index contributed by atoms with van der Waals surface area (Å²) in [7, 11) is 0. The molecule has 2 rings (SSSR count). The average molecular weight is 262 g/mol. The van der Waals surface area contributed by atoms with Gasteiger partial charge in [0.2, 0.25) is 11.8 Å². The van der Waals surface area contributed by atoms with E-state index in [0.29, 0.717) is 12.1 Å². The van der Waals surface area contributed by atoms with Crippen molar-refractivity contribution in [3.63, 3.8) is 0 Å². The van der Waals surface area contributed by atoms with E-state index in [4.69, 9.17) is 1.37 Å². The predicted molar refractivity (Wildman–Crippen MR) is 70.5 cm³/mol. The van der Waals surface area contributed by atoms with Gasteiger partial charge in [0.05, 0.1) is 7.06 Å². The highest BCUT2D eigenvalue weighted by atomic mass is 16.2. The lowest BCUT2D eigenvalue weighted by atomic mass is 9.97. The number of imide groups is 2. The van der Waals surface area contributed by atoms with E-state index < -0.39 is 23.8 Å². The van der Waals surface area contributed by atoms with Gasteiger partial charge in [0.1, 0.15) is 5.92 Å². The first-order chi connectivity index (χ1) is 9.54. The maximum atomic E-state index is 12.3. The highest BCUT2D eigenvalue weighted by Crippen LogP contribution is 2.22. The molecule has 1 saturated heterocycles. The van der Waals surface area contributed by atoms with Crippen LogP contribution in [0.5, 0.6) is 0 Å². The van der Waals surface area contributed by atoms with Gasteiger partial charge in [-0.1, -0.05) is 37.9 Å². The Balaban J connectivity index is 2.29. The standard InChI is InChI=1S/C14H16N2O3/c1-2-3-9-11-12(17)15-14(19)16(13(11)18)10-7-5-4-6-8-10/h4-8,11H,2-3,9H2,1H3,(H,15,17,19)/i5T. The second kappa shape index (κ2) is 5.65. The van der Waals surface area contributed by atoms with Crippen molar-refractivity contribution in [2.45, 2.75) is 26.2 Å². The van der Waals surface area contributed by atoms with Crippen molar-refractivity contribution in [3.8, 4) is 0 Å². The molecule has 5 nitrogen and oxygen atoms in total. The van der Waals surface area contributed by atoms with Crippen LogP contribution in [0.25, 0.3) is 0 Å². The summed E-state index contributed by atoms with van der Waals surface area (Å²) < 4.78 is 7.55. The number of rotatable bonds is 4. The summed E-state index contributed by atoms with van der Waals surface area (Å²) in [6.07, 6.45) is 2.03. The Morgan fingerprint density at radius 2 is 2.11 bits per heavy atom. The van der Waals surface area contributed by atoms with Gasteiger partial charge in [0, 0.05) is 0 Å². The maximum Gasteiger partial charge on any atom is 0.335 e. The molecule has 4 amide bonds. The number of urea groups is 1. The van der Waals surface area contributed by atoms with Crippen LogP contribution in [0.4, 0.5) is 10.5 Å². The summed E-state index contributed by atoms with van der Waals surface area (Å²) in [4.78, 5) is 36.9. The molecule has 1 unspecified atom stereocenters. The predicted octanol–water partition coefficient (Wildman–Crippen LogP) is 2.08. The van der Waals surface area contributed by atoms with Crippen molar-refractivity contribution in [1.82, 2.24) is 5.32 Å². The lowest BCUT2D eigenvalue weighted by molar-refractivity contribution is -0.134. The van der Waals surface area contributed by atoms with Crippen LogP contribution in [0.2, 0.25) is 0 Å². The normalized spacial score (nSPS) is 20.3. The molecule has 0 radical (unpaired) electrons. The van der Waals surface area contributed by atoms with E-state index in [1.54, 1.807) is 18.2 Å². The van der Waals surface area contributed by atoms with Crippen molar-refractivity contribution in [2.75, 3.05) is 4.90 Å². The molecule has 1 aromatic rings. The third kappa shape index (κ3) is 2.65. The van der Waals surface area contributed by atoms with Crippen molar-refractivity contribution in [1.29, 1.82) is 0 Å². The van der Waals surface area contributed by atoms with Gasteiger partial charge in [-0.15, -0.1) is 0 Å². The summed E-state index contributed by atoms with van der Waals surface area (Å²) in [5.74, 6) is -1.88. The second-order valence-electron chi connectivity index (χ2n) is 4.42. The molecular weight excluding hydrogens is 244 g/mol. The second-order valence-corrected chi connectivity index (χ2v) is 4.42. The van der Waals surface area contributed by atoms with E-state index in [0.717, 1.165) is 17.7 Å². The van der Waals surface area contributed by atoms with Crippen LogP contribution in [-0.2, 0) is 9.59 Å². The van der Waals surface area contributed by atoms with Crippen molar-refractivity contribution < 1.29 is 15.8 Å². The van der Waals surface area contributed by atoms with Crippen molar-refractivity contribution in [3.05, 3.63) is 30.3 Å². The fourth-order valence-electron chi connectivity index (χ4n) is 2.05. The van der Waals surface area contributed by atoms with Crippen molar-refractivity contribution in [2.24, 2.45) is 5.92 Å². The van der Waals surface area contributed by atoms with E-state index in [1.807, 2.05) is 6.92 Å². The third-order valence-electron chi connectivity index (χ3n) is 3.06. The van der Waals surface area contributed by atoms with Crippen LogP contribution >= 0.6 is 0 Å². The number of unbranched alkanes of at least 4 members (excludes halogenated alkanes) is 1. The molecule has 0 saturated carbocycles. The van der Waals surface area contributed by atoms with Crippen molar-refractivity contribution >= 4 is 23.5 Å². The average Bonchev–Trinajstić information content (AvgIpc) is 2.38. The van der Waals surface area contributed by atoms with Gasteiger partial charge in [0.25, 0.3) is 0 Å². The summed E-state index contributed by atoms with van der Waals surface area (Å²) in [6, 6.07) is 5.58. The number of barbiturate groups is 1. The fourth-order valence-corrected chi connectivity index (χ4v) is 2.05. The number of anilines is 1. The first-order valence-electron chi connectivity index (χ1n) is 6.80. The Morgan fingerprint density at radius 3 is 2.79 bits per heavy atom. The molecule has 1 fully saturated rings. The zero-order chi connectivity index (χ0) is 14.7. The third-order valence-corrected chi connectivity index (χ3v) is 3.06. The van der Waals surface area contributed by atoms with Gasteiger partial charge in [-0.25, -0.2) is 9.69 Å². The molecule has 100 valence electrons. The number of carbonyl (C=O) groups excluding carboxylic acids is 3. The zero-order valence-corrected chi connectivity index (χ0v) is 10.7. The molecule has 19 heavy (non-hydrogen) atoms. The van der Waals surface area contributed by atoms with Gasteiger partial charge in [-0.05, 0) is 18.6 Å².